The highest BCUT2D eigenvalue weighted by Crippen LogP contribution is 2.33. The third-order valence-electron chi connectivity index (χ3n) is 3.95. The van der Waals surface area contributed by atoms with Crippen LogP contribution in [0.5, 0.6) is 0 Å². The second-order valence-electron chi connectivity index (χ2n) is 6.05. The summed E-state index contributed by atoms with van der Waals surface area (Å²) >= 11 is 0. The van der Waals surface area contributed by atoms with Crippen LogP contribution in [0.2, 0.25) is 0 Å². The summed E-state index contributed by atoms with van der Waals surface area (Å²) in [5.41, 5.74) is -4.46. The molecule has 0 N–H and O–H groups in total. The van der Waals surface area contributed by atoms with Gasteiger partial charge in [-0.2, -0.15) is 26.3 Å². The lowest BCUT2D eigenvalue weighted by atomic mass is 9.93. The van der Waals surface area contributed by atoms with Crippen molar-refractivity contribution in [3.8, 4) is 0 Å². The maximum atomic E-state index is 12.9. The highest BCUT2D eigenvalue weighted by molar-refractivity contribution is 7.71. The Morgan fingerprint density at radius 2 is 1.00 bits per heavy atom. The van der Waals surface area contributed by atoms with Crippen LogP contribution < -0.4 is 0 Å². The molecule has 0 atom stereocenters. The average Bonchev–Trinajstić information content (AvgIpc) is 2.58. The molecular weight excluding hydrogens is 462 g/mol. The lowest BCUT2D eigenvalue weighted by Gasteiger charge is -2.14. The number of carbonyl (C=O) groups excluding carboxylic acids is 1. The molecule has 2 aromatic rings. The first-order valence-electron chi connectivity index (χ1n) is 7.88. The van der Waals surface area contributed by atoms with Gasteiger partial charge in [0.05, 0.1) is 22.6 Å². The molecule has 0 saturated carbocycles. The fourth-order valence-electron chi connectivity index (χ4n) is 2.67. The van der Waals surface area contributed by atoms with Crippen molar-refractivity contribution in [2.75, 3.05) is 0 Å². The van der Waals surface area contributed by atoms with E-state index in [2.05, 4.69) is 0 Å². The molecule has 0 amide bonds. The van der Waals surface area contributed by atoms with Crippen molar-refractivity contribution in [3.05, 3.63) is 69.8 Å². The van der Waals surface area contributed by atoms with Crippen molar-refractivity contribution in [2.45, 2.75) is 23.9 Å². The first-order valence-corrected chi connectivity index (χ1v) is 10.6. The minimum absolute atomic E-state index is 0.455. The van der Waals surface area contributed by atoms with Crippen molar-refractivity contribution in [1.82, 2.24) is 0 Å². The first kappa shape index (κ1) is 23.9. The lowest BCUT2D eigenvalue weighted by Crippen LogP contribution is -2.14. The van der Waals surface area contributed by atoms with E-state index >= 15 is 0 Å². The van der Waals surface area contributed by atoms with Crippen LogP contribution in [-0.2, 0) is 45.3 Å². The molecule has 0 radical (unpaired) electrons. The van der Waals surface area contributed by atoms with E-state index in [0.717, 1.165) is 0 Å². The van der Waals surface area contributed by atoms with Gasteiger partial charge >= 0.3 is 12.4 Å². The fourth-order valence-corrected chi connectivity index (χ4v) is 3.75. The van der Waals surface area contributed by atoms with Gasteiger partial charge in [0.1, 0.15) is 21.4 Å². The molecule has 0 aliphatic carbocycles. The molecular formula is C17H12F6O5S2. The molecule has 0 spiro atoms. The Balaban J connectivity index is 2.66. The zero-order valence-corrected chi connectivity index (χ0v) is 16.4. The van der Waals surface area contributed by atoms with E-state index in [4.69, 9.17) is 0 Å². The van der Waals surface area contributed by atoms with Gasteiger partial charge in [0.2, 0.25) is 0 Å². The molecule has 0 bridgehead atoms. The summed E-state index contributed by atoms with van der Waals surface area (Å²) in [7, 11) is -6.48. The van der Waals surface area contributed by atoms with Gasteiger partial charge in [0.15, 0.2) is 5.78 Å². The minimum atomic E-state index is -4.83. The number of rotatable bonds is 6. The van der Waals surface area contributed by atoms with Gasteiger partial charge in [-0.3, -0.25) is 4.79 Å². The summed E-state index contributed by atoms with van der Waals surface area (Å²) in [5, 5.41) is 0. The number of halogens is 6. The van der Waals surface area contributed by atoms with Crippen molar-refractivity contribution in [3.63, 3.8) is 0 Å². The van der Waals surface area contributed by atoms with E-state index in [0.29, 0.717) is 36.4 Å². The smallest absolute Gasteiger partial charge is 0.289 e. The molecule has 2 rings (SSSR count). The van der Waals surface area contributed by atoms with Gasteiger partial charge in [-0.1, -0.05) is 12.1 Å². The van der Waals surface area contributed by atoms with Gasteiger partial charge in [0, 0.05) is 11.1 Å². The van der Waals surface area contributed by atoms with E-state index in [9.17, 15) is 48.0 Å². The predicted octanol–water partition coefficient (Wildman–Crippen LogP) is 3.18. The van der Waals surface area contributed by atoms with Gasteiger partial charge in [-0.15, -0.1) is 0 Å². The van der Waals surface area contributed by atoms with Gasteiger partial charge in [0.25, 0.3) is 0 Å². The average molecular weight is 474 g/mol. The van der Waals surface area contributed by atoms with E-state index in [1.807, 2.05) is 0 Å². The van der Waals surface area contributed by atoms with Crippen LogP contribution in [0.4, 0.5) is 26.3 Å². The van der Waals surface area contributed by atoms with Crippen LogP contribution in [0, 0.1) is 0 Å². The quantitative estimate of drug-likeness (QED) is 0.382. The Bertz CT molecular complexity index is 1030. The van der Waals surface area contributed by atoms with Crippen LogP contribution in [0.25, 0.3) is 0 Å². The maximum Gasteiger partial charge on any atom is 0.416 e. The standard InChI is InChI=1S/C17H12F6O5S2/c18-16(19,20)11-1-3-13(9(5-11)7-29(25)26)15(24)14-4-2-12(17(21,22)23)6-10(14)8-30(27)28/h1-6,29-30H,7-8H2. The number of benzene rings is 2. The van der Waals surface area contributed by atoms with E-state index in [1.54, 1.807) is 0 Å². The number of thiol groups is 2. The summed E-state index contributed by atoms with van der Waals surface area (Å²) in [4.78, 5) is 12.8. The topological polar surface area (TPSA) is 85.3 Å². The summed E-state index contributed by atoms with van der Waals surface area (Å²) in [6.45, 7) is 0. The van der Waals surface area contributed by atoms with Gasteiger partial charge < -0.3 is 0 Å². The summed E-state index contributed by atoms with van der Waals surface area (Å²) in [6, 6.07) is 3.36. The summed E-state index contributed by atoms with van der Waals surface area (Å²) in [6.07, 6.45) is -9.66. The molecule has 2 aromatic carbocycles. The Kier molecular flexibility index (Phi) is 6.97. The monoisotopic (exact) mass is 474 g/mol. The zero-order valence-electron chi connectivity index (χ0n) is 14.6. The Hall–Kier alpha value is -2.41. The normalized spacial score (nSPS) is 12.5. The number of ketones is 1. The molecule has 0 aliphatic heterocycles. The number of hydrogen-bond donors (Lipinski definition) is 2. The largest absolute Gasteiger partial charge is 0.416 e. The van der Waals surface area contributed by atoms with E-state index in [-0.39, 0.29) is 0 Å². The predicted molar refractivity (Wildman–Crippen MR) is 94.4 cm³/mol. The molecule has 5 nitrogen and oxygen atoms in total. The van der Waals surface area contributed by atoms with Crippen LogP contribution in [-0.4, -0.2) is 22.6 Å². The molecule has 164 valence electrons. The molecule has 30 heavy (non-hydrogen) atoms. The minimum Gasteiger partial charge on any atom is -0.289 e. The number of alkyl halides is 6. The van der Waals surface area contributed by atoms with Crippen LogP contribution in [0.15, 0.2) is 36.4 Å². The highest BCUT2D eigenvalue weighted by atomic mass is 32.2. The Labute approximate surface area is 169 Å². The Morgan fingerprint density at radius 1 is 0.667 bits per heavy atom. The third-order valence-corrected chi connectivity index (χ3v) is 5.15. The molecule has 13 heteroatoms. The van der Waals surface area contributed by atoms with Crippen LogP contribution in [0.3, 0.4) is 0 Å². The highest BCUT2D eigenvalue weighted by Gasteiger charge is 2.33. The molecule has 0 saturated heterocycles. The van der Waals surface area contributed by atoms with Gasteiger partial charge in [-0.25, -0.2) is 16.8 Å². The zero-order chi connectivity index (χ0) is 22.9. The van der Waals surface area contributed by atoms with Crippen molar-refractivity contribution in [2.24, 2.45) is 0 Å². The van der Waals surface area contributed by atoms with E-state index < -0.39 is 84.4 Å². The van der Waals surface area contributed by atoms with Crippen LogP contribution >= 0.6 is 0 Å². The number of carbonyl (C=O) groups is 1. The fraction of sp³-hybridized carbons (Fsp3) is 0.235. The third kappa shape index (κ3) is 5.81. The molecule has 0 aromatic heterocycles. The Morgan fingerprint density at radius 3 is 1.27 bits per heavy atom. The first-order chi connectivity index (χ1) is 13.7. The molecule has 0 aliphatic rings. The van der Waals surface area contributed by atoms with Crippen LogP contribution in [0.1, 0.15) is 38.2 Å². The summed E-state index contributed by atoms with van der Waals surface area (Å²) in [5.74, 6) is -2.95. The van der Waals surface area contributed by atoms with Crippen molar-refractivity contribution in [1.29, 1.82) is 0 Å². The number of hydrogen-bond acceptors (Lipinski definition) is 5. The van der Waals surface area contributed by atoms with Gasteiger partial charge in [-0.05, 0) is 35.4 Å². The van der Waals surface area contributed by atoms with Crippen molar-refractivity contribution >= 4 is 27.2 Å². The second kappa shape index (κ2) is 8.76. The molecule has 0 fully saturated rings. The van der Waals surface area contributed by atoms with Crippen molar-refractivity contribution < 1.29 is 48.0 Å². The summed E-state index contributed by atoms with van der Waals surface area (Å²) < 4.78 is 122. The maximum absolute atomic E-state index is 12.9. The molecule has 0 heterocycles. The molecule has 0 unspecified atom stereocenters. The second-order valence-corrected chi connectivity index (χ2v) is 8.01. The van der Waals surface area contributed by atoms with E-state index in [1.165, 1.54) is 0 Å². The SMILES string of the molecule is O=C(c1ccc(C(F)(F)F)cc1C[SH](=O)=O)c1ccc(C(F)(F)F)cc1C[SH](=O)=O. The lowest BCUT2D eigenvalue weighted by molar-refractivity contribution is -0.138.